The summed E-state index contributed by atoms with van der Waals surface area (Å²) < 4.78 is 16.4. The lowest BCUT2D eigenvalue weighted by Gasteiger charge is -2.19. The van der Waals surface area contributed by atoms with Crippen LogP contribution in [-0.2, 0) is 0 Å². The molecule has 1 aliphatic heterocycles. The van der Waals surface area contributed by atoms with Crippen LogP contribution in [0, 0.1) is 0 Å². The third-order valence-electron chi connectivity index (χ3n) is 4.28. The first-order valence-electron chi connectivity index (χ1n) is 8.65. The maximum Gasteiger partial charge on any atom is 0.255 e. The molecule has 1 N–H and O–H groups in total. The van der Waals surface area contributed by atoms with E-state index in [1.165, 1.54) is 0 Å². The number of hydrogen-bond donors (Lipinski definition) is 1. The summed E-state index contributed by atoms with van der Waals surface area (Å²) in [5.41, 5.74) is 2.35. The van der Waals surface area contributed by atoms with Crippen molar-refractivity contribution < 1.29 is 19.0 Å². The van der Waals surface area contributed by atoms with Crippen molar-refractivity contribution >= 4 is 23.2 Å². The molecule has 28 heavy (non-hydrogen) atoms. The maximum atomic E-state index is 12.6. The number of amides is 1. The van der Waals surface area contributed by atoms with Crippen LogP contribution in [0.4, 0.5) is 5.69 Å². The highest BCUT2D eigenvalue weighted by Crippen LogP contribution is 2.34. The van der Waals surface area contributed by atoms with Crippen LogP contribution in [0.25, 0.3) is 11.3 Å². The smallest absolute Gasteiger partial charge is 0.255 e. The second-order valence-corrected chi connectivity index (χ2v) is 6.47. The number of nitrogens with one attached hydrogen (secondary N) is 1. The summed E-state index contributed by atoms with van der Waals surface area (Å²) in [5, 5.41) is 3.25. The van der Waals surface area contributed by atoms with Crippen molar-refractivity contribution in [2.45, 2.75) is 0 Å². The summed E-state index contributed by atoms with van der Waals surface area (Å²) in [5.74, 6) is 1.61. The van der Waals surface area contributed by atoms with Crippen molar-refractivity contribution in [2.24, 2.45) is 0 Å². The number of ether oxygens (including phenoxy) is 3. The van der Waals surface area contributed by atoms with Crippen LogP contribution in [0.5, 0.6) is 17.2 Å². The van der Waals surface area contributed by atoms with E-state index in [1.54, 1.807) is 61.8 Å². The highest BCUT2D eigenvalue weighted by Gasteiger charge is 2.16. The standard InChI is InChI=1S/C21H17ClN2O4/c1-26-18-3-2-8-23-20(18)15-6-4-13(11-16(15)22)21(25)24-14-5-7-17-19(12-14)28-10-9-27-17/h2-8,11-12H,9-10H2,1H3,(H,24,25). The van der Waals surface area contributed by atoms with Crippen molar-refractivity contribution in [3.8, 4) is 28.5 Å². The molecule has 142 valence electrons. The zero-order valence-corrected chi connectivity index (χ0v) is 15.8. The van der Waals surface area contributed by atoms with Gasteiger partial charge in [-0.3, -0.25) is 9.78 Å². The molecule has 7 heteroatoms. The number of nitrogens with zero attached hydrogens (tertiary/aromatic N) is 1. The second-order valence-electron chi connectivity index (χ2n) is 6.06. The summed E-state index contributed by atoms with van der Waals surface area (Å²) in [7, 11) is 1.57. The molecule has 1 aliphatic rings. The Balaban J connectivity index is 1.56. The van der Waals surface area contributed by atoms with Crippen molar-refractivity contribution in [2.75, 3.05) is 25.6 Å². The molecule has 0 fully saturated rings. The summed E-state index contributed by atoms with van der Waals surface area (Å²) in [4.78, 5) is 17.0. The number of carbonyl (C=O) groups is 1. The lowest BCUT2D eigenvalue weighted by atomic mass is 10.1. The molecule has 3 aromatic rings. The van der Waals surface area contributed by atoms with Crippen LogP contribution in [0.15, 0.2) is 54.7 Å². The second kappa shape index (κ2) is 7.78. The van der Waals surface area contributed by atoms with E-state index in [9.17, 15) is 4.79 Å². The van der Waals surface area contributed by atoms with Crippen LogP contribution in [-0.4, -0.2) is 31.2 Å². The number of anilines is 1. The van der Waals surface area contributed by atoms with Gasteiger partial charge in [0, 0.05) is 29.1 Å². The van der Waals surface area contributed by atoms with Gasteiger partial charge in [-0.05, 0) is 36.4 Å². The minimum Gasteiger partial charge on any atom is -0.494 e. The van der Waals surface area contributed by atoms with Crippen molar-refractivity contribution in [3.63, 3.8) is 0 Å². The first-order chi connectivity index (χ1) is 13.7. The van der Waals surface area contributed by atoms with Crippen molar-refractivity contribution in [1.29, 1.82) is 0 Å². The summed E-state index contributed by atoms with van der Waals surface area (Å²) in [6.07, 6.45) is 1.66. The molecule has 1 amide bonds. The topological polar surface area (TPSA) is 69.7 Å². The van der Waals surface area contributed by atoms with Gasteiger partial charge in [0.1, 0.15) is 24.7 Å². The van der Waals surface area contributed by atoms with Gasteiger partial charge in [0.15, 0.2) is 11.5 Å². The van der Waals surface area contributed by atoms with Gasteiger partial charge in [0.2, 0.25) is 0 Å². The van der Waals surface area contributed by atoms with E-state index in [2.05, 4.69) is 10.3 Å². The SMILES string of the molecule is COc1cccnc1-c1ccc(C(=O)Nc2ccc3c(c2)OCCO3)cc1Cl. The Hall–Kier alpha value is -3.25. The third kappa shape index (κ3) is 3.59. The average Bonchev–Trinajstić information content (AvgIpc) is 2.73. The zero-order chi connectivity index (χ0) is 19.5. The molecule has 0 radical (unpaired) electrons. The van der Waals surface area contributed by atoms with Gasteiger partial charge in [0.25, 0.3) is 5.91 Å². The molecule has 0 bridgehead atoms. The predicted molar refractivity (Wildman–Crippen MR) is 107 cm³/mol. The maximum absolute atomic E-state index is 12.6. The van der Waals surface area contributed by atoms with E-state index in [0.29, 0.717) is 58.0 Å². The predicted octanol–water partition coefficient (Wildman–Crippen LogP) is 4.43. The molecular formula is C21H17ClN2O4. The minimum atomic E-state index is -0.280. The summed E-state index contributed by atoms with van der Waals surface area (Å²) >= 11 is 6.42. The molecule has 4 rings (SSSR count). The van der Waals surface area contributed by atoms with Gasteiger partial charge >= 0.3 is 0 Å². The number of halogens is 1. The largest absolute Gasteiger partial charge is 0.494 e. The van der Waals surface area contributed by atoms with Gasteiger partial charge in [-0.15, -0.1) is 0 Å². The average molecular weight is 397 g/mol. The highest BCUT2D eigenvalue weighted by molar-refractivity contribution is 6.33. The Bertz CT molecular complexity index is 1040. The molecule has 0 saturated carbocycles. The first-order valence-corrected chi connectivity index (χ1v) is 9.03. The molecule has 0 saturated heterocycles. The molecule has 2 heterocycles. The van der Waals surface area contributed by atoms with Crippen LogP contribution in [0.3, 0.4) is 0 Å². The Morgan fingerprint density at radius 1 is 1.11 bits per heavy atom. The quantitative estimate of drug-likeness (QED) is 0.706. The molecule has 2 aromatic carbocycles. The summed E-state index contributed by atoms with van der Waals surface area (Å²) in [6, 6.07) is 13.9. The fourth-order valence-electron chi connectivity index (χ4n) is 2.93. The third-order valence-corrected chi connectivity index (χ3v) is 4.59. The number of carbonyl (C=O) groups excluding carboxylic acids is 1. The van der Waals surface area contributed by atoms with Gasteiger partial charge in [-0.2, -0.15) is 0 Å². The summed E-state index contributed by atoms with van der Waals surface area (Å²) in [6.45, 7) is 1.00. The highest BCUT2D eigenvalue weighted by atomic mass is 35.5. The van der Waals surface area contributed by atoms with E-state index in [4.69, 9.17) is 25.8 Å². The fourth-order valence-corrected chi connectivity index (χ4v) is 3.20. The van der Waals surface area contributed by atoms with Gasteiger partial charge in [0.05, 0.1) is 12.1 Å². The molecular weight excluding hydrogens is 380 g/mol. The number of fused-ring (bicyclic) bond motifs is 1. The molecule has 1 aromatic heterocycles. The molecule has 6 nitrogen and oxygen atoms in total. The number of aromatic nitrogens is 1. The fraction of sp³-hybridized carbons (Fsp3) is 0.143. The van der Waals surface area contributed by atoms with Crippen LogP contribution in [0.2, 0.25) is 5.02 Å². The first kappa shape index (κ1) is 18.1. The Kier molecular flexibility index (Phi) is 5.04. The van der Waals surface area contributed by atoms with E-state index in [1.807, 2.05) is 0 Å². The van der Waals surface area contributed by atoms with Gasteiger partial charge in [-0.1, -0.05) is 17.7 Å². The van der Waals surface area contributed by atoms with Crippen molar-refractivity contribution in [3.05, 3.63) is 65.3 Å². The lowest BCUT2D eigenvalue weighted by Crippen LogP contribution is -2.16. The van der Waals surface area contributed by atoms with E-state index in [0.717, 1.165) is 0 Å². The normalized spacial score (nSPS) is 12.4. The minimum absolute atomic E-state index is 0.280. The van der Waals surface area contributed by atoms with Gasteiger partial charge in [-0.25, -0.2) is 0 Å². The van der Waals surface area contributed by atoms with Crippen LogP contribution >= 0.6 is 11.6 Å². The lowest BCUT2D eigenvalue weighted by molar-refractivity contribution is 0.102. The number of hydrogen-bond acceptors (Lipinski definition) is 5. The van der Waals surface area contributed by atoms with Gasteiger partial charge < -0.3 is 19.5 Å². The molecule has 0 spiro atoms. The van der Waals surface area contributed by atoms with Crippen LogP contribution < -0.4 is 19.5 Å². The molecule has 0 unspecified atom stereocenters. The molecule has 0 aliphatic carbocycles. The number of methoxy groups -OCH3 is 1. The zero-order valence-electron chi connectivity index (χ0n) is 15.1. The number of benzene rings is 2. The number of rotatable bonds is 4. The molecule has 0 atom stereocenters. The van der Waals surface area contributed by atoms with Crippen LogP contribution in [0.1, 0.15) is 10.4 Å². The monoisotopic (exact) mass is 396 g/mol. The Morgan fingerprint density at radius 2 is 1.93 bits per heavy atom. The van der Waals surface area contributed by atoms with E-state index in [-0.39, 0.29) is 5.91 Å². The van der Waals surface area contributed by atoms with Crippen molar-refractivity contribution in [1.82, 2.24) is 4.98 Å². The number of pyridine rings is 1. The Morgan fingerprint density at radius 3 is 2.71 bits per heavy atom. The van der Waals surface area contributed by atoms with E-state index < -0.39 is 0 Å². The van der Waals surface area contributed by atoms with E-state index >= 15 is 0 Å². The Labute approximate surface area is 167 Å².